The fraction of sp³-hybridized carbons (Fsp3) is 0.438. The van der Waals surface area contributed by atoms with E-state index in [0.29, 0.717) is 24.0 Å². The number of allylic oxidation sites excluding steroid dienone is 2. The molecule has 2 atom stereocenters. The normalized spacial score (nSPS) is 22.4. The Balaban J connectivity index is 1.84. The van der Waals surface area contributed by atoms with E-state index in [2.05, 4.69) is 19.1 Å². The van der Waals surface area contributed by atoms with Crippen LogP contribution in [0.2, 0.25) is 0 Å². The molecule has 0 bridgehead atoms. The van der Waals surface area contributed by atoms with Gasteiger partial charge in [-0.3, -0.25) is 0 Å². The molecule has 1 aromatic carbocycles. The molecule has 0 fully saturated rings. The maximum Gasteiger partial charge on any atom is 0.335 e. The van der Waals surface area contributed by atoms with Crippen LogP contribution in [0.1, 0.15) is 35.7 Å². The molecule has 1 N–H and O–H groups in total. The second-order valence-electron chi connectivity index (χ2n) is 5.20. The Morgan fingerprint density at radius 2 is 2.16 bits per heavy atom. The number of benzene rings is 1. The number of rotatable bonds is 5. The summed E-state index contributed by atoms with van der Waals surface area (Å²) in [5.41, 5.74) is 1.23. The molecule has 1 aromatic rings. The minimum atomic E-state index is -0.895. The Morgan fingerprint density at radius 1 is 1.37 bits per heavy atom. The summed E-state index contributed by atoms with van der Waals surface area (Å²) in [6.45, 7) is 3.47. The lowest BCUT2D eigenvalue weighted by Crippen LogP contribution is -2.19. The maximum atomic E-state index is 10.9. The van der Waals surface area contributed by atoms with Crippen LogP contribution in [0.3, 0.4) is 0 Å². The summed E-state index contributed by atoms with van der Waals surface area (Å²) in [5, 5.41) is 8.92. The van der Waals surface area contributed by atoms with Gasteiger partial charge >= 0.3 is 5.97 Å². The van der Waals surface area contributed by atoms with E-state index in [9.17, 15) is 4.79 Å². The van der Waals surface area contributed by atoms with Crippen molar-refractivity contribution < 1.29 is 14.6 Å². The monoisotopic (exact) mass is 260 g/mol. The summed E-state index contributed by atoms with van der Waals surface area (Å²) in [5.74, 6) is 0.343. The van der Waals surface area contributed by atoms with Gasteiger partial charge < -0.3 is 9.84 Å². The molecule has 0 aromatic heterocycles. The molecule has 1 aliphatic carbocycles. The summed E-state index contributed by atoms with van der Waals surface area (Å²) >= 11 is 0. The molecule has 2 unspecified atom stereocenters. The first-order valence-electron chi connectivity index (χ1n) is 6.72. The SMILES string of the molecule is CC1CC=CCC1COCc1cccc(C(=O)O)c1. The highest BCUT2D eigenvalue weighted by Crippen LogP contribution is 2.25. The fourth-order valence-corrected chi connectivity index (χ4v) is 2.36. The van der Waals surface area contributed by atoms with Gasteiger partial charge in [-0.1, -0.05) is 31.2 Å². The predicted octanol–water partition coefficient (Wildman–Crippen LogP) is 3.50. The standard InChI is InChI=1S/C16H20O3/c1-12-5-2-3-7-15(12)11-19-10-13-6-4-8-14(9-13)16(17)18/h2-4,6,8-9,12,15H,5,7,10-11H2,1H3,(H,17,18). The van der Waals surface area contributed by atoms with Crippen LogP contribution >= 0.6 is 0 Å². The molecule has 0 amide bonds. The van der Waals surface area contributed by atoms with Gasteiger partial charge in [-0.05, 0) is 42.4 Å². The van der Waals surface area contributed by atoms with Crippen molar-refractivity contribution in [2.45, 2.75) is 26.4 Å². The van der Waals surface area contributed by atoms with Crippen molar-refractivity contribution >= 4 is 5.97 Å². The van der Waals surface area contributed by atoms with Crippen molar-refractivity contribution in [2.24, 2.45) is 11.8 Å². The summed E-state index contributed by atoms with van der Waals surface area (Å²) < 4.78 is 5.74. The van der Waals surface area contributed by atoms with E-state index in [0.717, 1.165) is 25.0 Å². The fourth-order valence-electron chi connectivity index (χ4n) is 2.36. The zero-order chi connectivity index (χ0) is 13.7. The van der Waals surface area contributed by atoms with Gasteiger partial charge in [0.25, 0.3) is 0 Å². The van der Waals surface area contributed by atoms with Crippen LogP contribution in [0.5, 0.6) is 0 Å². The Labute approximate surface area is 113 Å². The minimum absolute atomic E-state index is 0.315. The molecule has 3 heteroatoms. The number of carbonyl (C=O) groups is 1. The molecular weight excluding hydrogens is 240 g/mol. The Kier molecular flexibility index (Phi) is 4.74. The van der Waals surface area contributed by atoms with Crippen molar-refractivity contribution in [1.82, 2.24) is 0 Å². The quantitative estimate of drug-likeness (QED) is 0.824. The minimum Gasteiger partial charge on any atom is -0.478 e. The van der Waals surface area contributed by atoms with E-state index in [-0.39, 0.29) is 0 Å². The van der Waals surface area contributed by atoms with E-state index in [1.54, 1.807) is 18.2 Å². The van der Waals surface area contributed by atoms with Crippen LogP contribution in [0.4, 0.5) is 0 Å². The van der Waals surface area contributed by atoms with Gasteiger partial charge in [-0.25, -0.2) is 4.79 Å². The number of hydrogen-bond acceptors (Lipinski definition) is 2. The van der Waals surface area contributed by atoms with Crippen molar-refractivity contribution in [3.05, 3.63) is 47.5 Å². The van der Waals surface area contributed by atoms with Crippen LogP contribution in [0.25, 0.3) is 0 Å². The van der Waals surface area contributed by atoms with E-state index < -0.39 is 5.97 Å². The van der Waals surface area contributed by atoms with Crippen LogP contribution < -0.4 is 0 Å². The van der Waals surface area contributed by atoms with Crippen LogP contribution in [-0.4, -0.2) is 17.7 Å². The number of ether oxygens (including phenoxy) is 1. The second kappa shape index (κ2) is 6.53. The smallest absolute Gasteiger partial charge is 0.335 e. The molecule has 19 heavy (non-hydrogen) atoms. The Hall–Kier alpha value is -1.61. The largest absolute Gasteiger partial charge is 0.478 e. The number of carboxylic acids is 1. The first-order chi connectivity index (χ1) is 9.16. The molecule has 0 heterocycles. The Morgan fingerprint density at radius 3 is 2.89 bits per heavy atom. The molecule has 0 saturated carbocycles. The molecule has 2 rings (SSSR count). The Bertz CT molecular complexity index is 465. The summed E-state index contributed by atoms with van der Waals surface area (Å²) in [4.78, 5) is 10.9. The van der Waals surface area contributed by atoms with Crippen LogP contribution in [0, 0.1) is 11.8 Å². The van der Waals surface area contributed by atoms with E-state index in [1.807, 2.05) is 6.07 Å². The molecule has 0 radical (unpaired) electrons. The van der Waals surface area contributed by atoms with E-state index in [1.165, 1.54) is 0 Å². The average molecular weight is 260 g/mol. The molecule has 0 spiro atoms. The third kappa shape index (κ3) is 3.93. The van der Waals surface area contributed by atoms with Gasteiger partial charge in [0.2, 0.25) is 0 Å². The highest BCUT2D eigenvalue weighted by molar-refractivity contribution is 5.87. The van der Waals surface area contributed by atoms with Crippen molar-refractivity contribution in [3.8, 4) is 0 Å². The molecule has 0 aliphatic heterocycles. The topological polar surface area (TPSA) is 46.5 Å². The lowest BCUT2D eigenvalue weighted by Gasteiger charge is -2.24. The second-order valence-corrected chi connectivity index (χ2v) is 5.20. The van der Waals surface area contributed by atoms with Gasteiger partial charge in [-0.15, -0.1) is 0 Å². The number of aromatic carboxylic acids is 1. The molecule has 3 nitrogen and oxygen atoms in total. The molecule has 1 aliphatic rings. The van der Waals surface area contributed by atoms with E-state index in [4.69, 9.17) is 9.84 Å². The van der Waals surface area contributed by atoms with Gasteiger partial charge in [0.15, 0.2) is 0 Å². The van der Waals surface area contributed by atoms with Gasteiger partial charge in [-0.2, -0.15) is 0 Å². The van der Waals surface area contributed by atoms with Crippen LogP contribution in [-0.2, 0) is 11.3 Å². The predicted molar refractivity (Wildman–Crippen MR) is 74.1 cm³/mol. The highest BCUT2D eigenvalue weighted by atomic mass is 16.5. The van der Waals surface area contributed by atoms with E-state index >= 15 is 0 Å². The lowest BCUT2D eigenvalue weighted by atomic mass is 9.85. The molecule has 102 valence electrons. The summed E-state index contributed by atoms with van der Waals surface area (Å²) in [6, 6.07) is 6.93. The number of hydrogen-bond donors (Lipinski definition) is 1. The molecular formula is C16H20O3. The third-order valence-corrected chi connectivity index (χ3v) is 3.69. The average Bonchev–Trinajstić information content (AvgIpc) is 2.41. The zero-order valence-corrected chi connectivity index (χ0v) is 11.2. The van der Waals surface area contributed by atoms with Gasteiger partial charge in [0.05, 0.1) is 18.8 Å². The molecule has 0 saturated heterocycles. The van der Waals surface area contributed by atoms with Gasteiger partial charge in [0, 0.05) is 0 Å². The summed E-state index contributed by atoms with van der Waals surface area (Å²) in [7, 11) is 0. The van der Waals surface area contributed by atoms with Crippen molar-refractivity contribution in [3.63, 3.8) is 0 Å². The highest BCUT2D eigenvalue weighted by Gasteiger charge is 2.18. The van der Waals surface area contributed by atoms with Gasteiger partial charge in [0.1, 0.15) is 0 Å². The number of carboxylic acid groups (broad SMARTS) is 1. The lowest BCUT2D eigenvalue weighted by molar-refractivity contribution is 0.0672. The maximum absolute atomic E-state index is 10.9. The summed E-state index contributed by atoms with van der Waals surface area (Å²) in [6.07, 6.45) is 6.66. The third-order valence-electron chi connectivity index (χ3n) is 3.69. The van der Waals surface area contributed by atoms with Crippen molar-refractivity contribution in [2.75, 3.05) is 6.61 Å². The zero-order valence-electron chi connectivity index (χ0n) is 11.2. The van der Waals surface area contributed by atoms with Crippen molar-refractivity contribution in [1.29, 1.82) is 0 Å². The first-order valence-corrected chi connectivity index (χ1v) is 6.72. The first kappa shape index (κ1) is 13.8. The van der Waals surface area contributed by atoms with Crippen LogP contribution in [0.15, 0.2) is 36.4 Å².